The number of hydrogen-bond donors (Lipinski definition) is 0. The van der Waals surface area contributed by atoms with E-state index in [2.05, 4.69) is 4.99 Å². The molecule has 0 aliphatic rings. The monoisotopic (exact) mass is 297 g/mol. The van der Waals surface area contributed by atoms with Crippen molar-refractivity contribution < 1.29 is 4.42 Å². The fraction of sp³-hybridized carbons (Fsp3) is 0.800. The maximum atomic E-state index is 12.7. The van der Waals surface area contributed by atoms with Gasteiger partial charge in [0.2, 0.25) is 0 Å². The van der Waals surface area contributed by atoms with E-state index in [1.165, 1.54) is 4.57 Å². The van der Waals surface area contributed by atoms with Gasteiger partial charge in [-0.15, -0.1) is 0 Å². The highest BCUT2D eigenvalue weighted by Gasteiger charge is 2.24. The zero-order valence-corrected chi connectivity index (χ0v) is 14.4. The van der Waals surface area contributed by atoms with Crippen molar-refractivity contribution in [3.05, 3.63) is 26.7 Å². The summed E-state index contributed by atoms with van der Waals surface area (Å²) in [7, 11) is 0. The predicted octanol–water partition coefficient (Wildman–Crippen LogP) is 2.03. The molecule has 0 spiro atoms. The van der Waals surface area contributed by atoms with Crippen molar-refractivity contribution in [1.82, 2.24) is 9.13 Å². The molecule has 1 aromatic rings. The lowest BCUT2D eigenvalue weighted by Gasteiger charge is -2.24. The summed E-state index contributed by atoms with van der Waals surface area (Å²) in [4.78, 5) is 29.2. The van der Waals surface area contributed by atoms with Gasteiger partial charge in [0.05, 0.1) is 5.54 Å². The summed E-state index contributed by atoms with van der Waals surface area (Å²) in [5.41, 5.74) is -1.24. The first kappa shape index (κ1) is 17.5. The van der Waals surface area contributed by atoms with Crippen LogP contribution in [0.5, 0.6) is 0 Å². The van der Waals surface area contributed by atoms with Crippen molar-refractivity contribution in [3.8, 4) is 0 Å². The van der Waals surface area contributed by atoms with Crippen LogP contribution in [0.25, 0.3) is 0 Å². The van der Waals surface area contributed by atoms with Crippen LogP contribution in [0.2, 0.25) is 0 Å². The third kappa shape index (κ3) is 3.74. The number of rotatable bonds is 3. The van der Waals surface area contributed by atoms with Crippen LogP contribution in [-0.2, 0) is 5.54 Å². The largest absolute Gasteiger partial charge is 0.426 e. The molecule has 0 unspecified atom stereocenters. The molecule has 0 aliphatic heterocycles. The second kappa shape index (κ2) is 5.66. The Morgan fingerprint density at radius 2 is 1.67 bits per heavy atom. The highest BCUT2D eigenvalue weighted by molar-refractivity contribution is 4.84. The molecule has 0 radical (unpaired) electrons. The minimum absolute atomic E-state index is 0.0845. The molecule has 1 rings (SSSR count). The molecular formula is C15H27N3O3. The maximum absolute atomic E-state index is 12.7. The van der Waals surface area contributed by atoms with E-state index in [9.17, 15) is 9.59 Å². The van der Waals surface area contributed by atoms with Crippen molar-refractivity contribution in [3.63, 3.8) is 0 Å². The van der Waals surface area contributed by atoms with Gasteiger partial charge in [-0.25, -0.2) is 23.7 Å². The van der Waals surface area contributed by atoms with Crippen LogP contribution in [0.15, 0.2) is 19.0 Å². The zero-order chi connectivity index (χ0) is 16.6. The fourth-order valence-corrected chi connectivity index (χ4v) is 1.86. The Morgan fingerprint density at radius 1 is 1.14 bits per heavy atom. The third-order valence-corrected chi connectivity index (χ3v) is 3.41. The summed E-state index contributed by atoms with van der Waals surface area (Å²) in [5, 5.41) is 0. The Kier molecular flexibility index (Phi) is 4.70. The van der Waals surface area contributed by atoms with Gasteiger partial charge in [0.1, 0.15) is 0 Å². The lowest BCUT2D eigenvalue weighted by Crippen LogP contribution is -2.53. The molecule has 0 aliphatic carbocycles. The second-order valence-corrected chi connectivity index (χ2v) is 7.18. The van der Waals surface area contributed by atoms with E-state index >= 15 is 0 Å². The van der Waals surface area contributed by atoms with Crippen molar-refractivity contribution in [2.45, 2.75) is 78.9 Å². The lowest BCUT2D eigenvalue weighted by atomic mass is 10.0. The highest BCUT2D eigenvalue weighted by atomic mass is 16.4. The van der Waals surface area contributed by atoms with Gasteiger partial charge in [-0.1, -0.05) is 6.92 Å². The molecule has 0 amide bonds. The van der Waals surface area contributed by atoms with Crippen LogP contribution in [0.4, 0.5) is 0 Å². The molecule has 21 heavy (non-hydrogen) atoms. The molecular weight excluding hydrogens is 270 g/mol. The van der Waals surface area contributed by atoms with Gasteiger partial charge in [-0.05, 0) is 54.9 Å². The molecule has 0 bridgehead atoms. The van der Waals surface area contributed by atoms with E-state index in [0.29, 0.717) is 0 Å². The van der Waals surface area contributed by atoms with Crippen LogP contribution in [0.1, 0.15) is 67.9 Å². The van der Waals surface area contributed by atoms with Crippen LogP contribution in [0, 0.1) is 0 Å². The summed E-state index contributed by atoms with van der Waals surface area (Å²) in [6.07, 6.45) is 0.772. The van der Waals surface area contributed by atoms with Crippen LogP contribution >= 0.6 is 0 Å². The van der Waals surface area contributed by atoms with Crippen molar-refractivity contribution in [2.24, 2.45) is 4.99 Å². The van der Waals surface area contributed by atoms with Gasteiger partial charge in [0.25, 0.3) is 0 Å². The van der Waals surface area contributed by atoms with Gasteiger partial charge in [-0.3, -0.25) is 0 Å². The fourth-order valence-electron chi connectivity index (χ4n) is 1.86. The first-order chi connectivity index (χ1) is 9.40. The molecule has 0 atom stereocenters. The summed E-state index contributed by atoms with van der Waals surface area (Å²) in [6, 6.07) is -0.268. The van der Waals surface area contributed by atoms with Crippen molar-refractivity contribution in [1.29, 1.82) is 0 Å². The highest BCUT2D eigenvalue weighted by Crippen LogP contribution is 2.13. The van der Waals surface area contributed by atoms with E-state index < -0.39 is 16.8 Å². The predicted molar refractivity (Wildman–Crippen MR) is 82.5 cm³/mol. The summed E-state index contributed by atoms with van der Waals surface area (Å²) in [5.74, 6) is -0.666. The zero-order valence-electron chi connectivity index (χ0n) is 14.4. The van der Waals surface area contributed by atoms with Gasteiger partial charge in [-0.2, -0.15) is 0 Å². The van der Waals surface area contributed by atoms with Crippen LogP contribution < -0.4 is 17.1 Å². The summed E-state index contributed by atoms with van der Waals surface area (Å²) in [6.45, 7) is 15.1. The molecule has 1 heterocycles. The van der Waals surface area contributed by atoms with Crippen LogP contribution in [-0.4, -0.2) is 14.7 Å². The average Bonchev–Trinajstić information content (AvgIpc) is 2.24. The van der Waals surface area contributed by atoms with E-state index in [1.807, 2.05) is 41.5 Å². The molecule has 0 saturated heterocycles. The normalized spacial score (nSPS) is 14.0. The Morgan fingerprint density at radius 3 is 2.05 bits per heavy atom. The average molecular weight is 297 g/mol. The molecule has 6 nitrogen and oxygen atoms in total. The Hall–Kier alpha value is -1.59. The van der Waals surface area contributed by atoms with Gasteiger partial charge in [0.15, 0.2) is 0 Å². The molecule has 120 valence electrons. The molecule has 0 N–H and O–H groups in total. The Labute approximate surface area is 125 Å². The Bertz CT molecular complexity index is 682. The SMILES string of the molecule is CCC(C)(C)/N=c1\oc(=O)n(C(C)C)c(=O)n1C(C)(C)C. The lowest BCUT2D eigenvalue weighted by molar-refractivity contribution is 0.229. The van der Waals surface area contributed by atoms with E-state index in [1.54, 1.807) is 13.8 Å². The van der Waals surface area contributed by atoms with E-state index in [4.69, 9.17) is 4.42 Å². The van der Waals surface area contributed by atoms with Gasteiger partial charge < -0.3 is 4.42 Å². The minimum Gasteiger partial charge on any atom is -0.375 e. The quantitative estimate of drug-likeness (QED) is 0.857. The van der Waals surface area contributed by atoms with Crippen molar-refractivity contribution in [2.75, 3.05) is 0 Å². The minimum atomic E-state index is -0.666. The second-order valence-electron chi connectivity index (χ2n) is 7.18. The van der Waals surface area contributed by atoms with E-state index in [0.717, 1.165) is 11.0 Å². The number of nitrogens with zero attached hydrogens (tertiary/aromatic N) is 3. The maximum Gasteiger partial charge on any atom is 0.426 e. The molecule has 0 aromatic carbocycles. The first-order valence-electron chi connectivity index (χ1n) is 7.36. The molecule has 6 heteroatoms. The first-order valence-corrected chi connectivity index (χ1v) is 7.36. The smallest absolute Gasteiger partial charge is 0.375 e. The third-order valence-electron chi connectivity index (χ3n) is 3.41. The van der Waals surface area contributed by atoms with Crippen LogP contribution in [0.3, 0.4) is 0 Å². The topological polar surface area (TPSA) is 69.5 Å². The molecule has 1 aromatic heterocycles. The standard InChI is InChI=1S/C15H27N3O3/c1-9-15(7,8)16-11-18(14(4,5)6)12(19)17(10(2)3)13(20)21-11/h10H,9H2,1-8H3/b16-11-. The van der Waals surface area contributed by atoms with Gasteiger partial charge >= 0.3 is 17.1 Å². The summed E-state index contributed by atoms with van der Waals surface area (Å²) < 4.78 is 7.91. The number of aromatic nitrogens is 2. The van der Waals surface area contributed by atoms with E-state index in [-0.39, 0.29) is 17.4 Å². The Balaban J connectivity index is 3.93. The molecule has 0 saturated carbocycles. The number of hydrogen-bond acceptors (Lipinski definition) is 4. The summed E-state index contributed by atoms with van der Waals surface area (Å²) >= 11 is 0. The van der Waals surface area contributed by atoms with Crippen molar-refractivity contribution >= 4 is 0 Å². The molecule has 0 fully saturated rings. The van der Waals surface area contributed by atoms with Gasteiger partial charge in [0, 0.05) is 11.6 Å².